The molecule has 0 fully saturated rings. The van der Waals surface area contributed by atoms with Crippen molar-refractivity contribution in [3.63, 3.8) is 0 Å². The Morgan fingerprint density at radius 3 is 2.71 bits per heavy atom. The number of ether oxygens (including phenoxy) is 3. The Morgan fingerprint density at radius 1 is 1.29 bits per heavy atom. The summed E-state index contributed by atoms with van der Waals surface area (Å²) in [6.45, 7) is 4.28. The number of hydrogen-bond donors (Lipinski definition) is 0. The van der Waals surface area contributed by atoms with Crippen molar-refractivity contribution in [3.8, 4) is 11.5 Å². The number of fused-ring (bicyclic) bond motifs is 1. The fourth-order valence-corrected chi connectivity index (χ4v) is 2.81. The van der Waals surface area contributed by atoms with E-state index < -0.39 is 5.60 Å². The molecule has 0 aromatic heterocycles. The zero-order valence-electron chi connectivity index (χ0n) is 14.1. The summed E-state index contributed by atoms with van der Waals surface area (Å²) in [7, 11) is 1.66. The van der Waals surface area contributed by atoms with Crippen molar-refractivity contribution in [2.24, 2.45) is 0 Å². The first-order valence-electron chi connectivity index (χ1n) is 7.91. The molecule has 1 unspecified atom stereocenters. The molecule has 2 heterocycles. The maximum Gasteiger partial charge on any atom is 0.288 e. The molecule has 0 bridgehead atoms. The minimum atomic E-state index is -0.666. The van der Waals surface area contributed by atoms with Gasteiger partial charge in [0, 0.05) is 19.5 Å². The number of likely N-dealkylation sites (N-methyl/N-ethyl adjacent to an activating group) is 1. The van der Waals surface area contributed by atoms with Gasteiger partial charge in [-0.15, -0.1) is 0 Å². The van der Waals surface area contributed by atoms with Crippen molar-refractivity contribution in [1.82, 2.24) is 4.90 Å². The first kappa shape index (κ1) is 16.4. The van der Waals surface area contributed by atoms with Gasteiger partial charge in [0.1, 0.15) is 12.2 Å². The van der Waals surface area contributed by atoms with E-state index in [1.807, 2.05) is 24.3 Å². The van der Waals surface area contributed by atoms with Gasteiger partial charge in [-0.3, -0.25) is 9.59 Å². The Bertz CT molecular complexity index is 694. The van der Waals surface area contributed by atoms with Gasteiger partial charge in [-0.1, -0.05) is 12.1 Å². The van der Waals surface area contributed by atoms with E-state index in [4.69, 9.17) is 14.2 Å². The molecule has 0 saturated carbocycles. The lowest BCUT2D eigenvalue weighted by molar-refractivity contribution is -0.138. The predicted molar refractivity (Wildman–Crippen MR) is 86.9 cm³/mol. The van der Waals surface area contributed by atoms with Crippen LogP contribution in [-0.2, 0) is 14.3 Å². The van der Waals surface area contributed by atoms with E-state index in [1.54, 1.807) is 20.9 Å². The maximum absolute atomic E-state index is 12.5. The second kappa shape index (κ2) is 6.19. The molecule has 6 heteroatoms. The van der Waals surface area contributed by atoms with Crippen molar-refractivity contribution >= 4 is 11.7 Å². The third kappa shape index (κ3) is 3.53. The fourth-order valence-electron chi connectivity index (χ4n) is 2.81. The fraction of sp³-hybridized carbons (Fsp3) is 0.444. The van der Waals surface area contributed by atoms with Crippen LogP contribution in [0.5, 0.6) is 11.5 Å². The van der Waals surface area contributed by atoms with Crippen LogP contribution in [0.4, 0.5) is 0 Å². The average Bonchev–Trinajstić information content (AvgIpc) is 2.52. The van der Waals surface area contributed by atoms with Crippen molar-refractivity contribution in [2.75, 3.05) is 20.2 Å². The van der Waals surface area contributed by atoms with Gasteiger partial charge in [0.15, 0.2) is 29.1 Å². The number of amides is 1. The van der Waals surface area contributed by atoms with Gasteiger partial charge < -0.3 is 19.1 Å². The molecule has 1 aromatic carbocycles. The van der Waals surface area contributed by atoms with E-state index in [-0.39, 0.29) is 30.0 Å². The highest BCUT2D eigenvalue weighted by atomic mass is 16.6. The standard InChI is InChI=1S/C18H21NO5/c1-18(2)9-12(20)8-16(24-18)17(21)19(3)10-13-11-22-14-6-4-5-7-15(14)23-13/h4-8,13H,9-11H2,1-3H3. The predicted octanol–water partition coefficient (Wildman–Crippen LogP) is 1.94. The minimum absolute atomic E-state index is 0.0795. The van der Waals surface area contributed by atoms with Gasteiger partial charge in [0.2, 0.25) is 0 Å². The Balaban J connectivity index is 1.64. The highest BCUT2D eigenvalue weighted by Gasteiger charge is 2.34. The molecule has 0 spiro atoms. The normalized spacial score (nSPS) is 21.5. The highest BCUT2D eigenvalue weighted by Crippen LogP contribution is 2.31. The van der Waals surface area contributed by atoms with Crippen LogP contribution < -0.4 is 9.47 Å². The molecule has 1 atom stereocenters. The molecule has 0 aliphatic carbocycles. The molecule has 3 rings (SSSR count). The van der Waals surface area contributed by atoms with Gasteiger partial charge in [0.25, 0.3) is 5.91 Å². The van der Waals surface area contributed by atoms with Crippen LogP contribution in [0.25, 0.3) is 0 Å². The topological polar surface area (TPSA) is 65.1 Å². The minimum Gasteiger partial charge on any atom is -0.486 e. The zero-order chi connectivity index (χ0) is 17.3. The smallest absolute Gasteiger partial charge is 0.288 e. The number of rotatable bonds is 3. The lowest BCUT2D eigenvalue weighted by Crippen LogP contribution is -2.44. The molecular weight excluding hydrogens is 310 g/mol. The molecule has 2 aliphatic rings. The van der Waals surface area contributed by atoms with E-state index in [9.17, 15) is 9.59 Å². The number of hydrogen-bond acceptors (Lipinski definition) is 5. The molecule has 0 N–H and O–H groups in total. The van der Waals surface area contributed by atoms with Gasteiger partial charge in [-0.2, -0.15) is 0 Å². The SMILES string of the molecule is CN(CC1COc2ccccc2O1)C(=O)C1=CC(=O)CC(C)(C)O1. The second-order valence-corrected chi connectivity index (χ2v) is 6.70. The number of benzene rings is 1. The van der Waals surface area contributed by atoms with E-state index in [1.165, 1.54) is 11.0 Å². The monoisotopic (exact) mass is 331 g/mol. The third-order valence-electron chi connectivity index (χ3n) is 3.88. The van der Waals surface area contributed by atoms with Crippen LogP contribution in [-0.4, -0.2) is 48.5 Å². The summed E-state index contributed by atoms with van der Waals surface area (Å²) in [6, 6.07) is 7.42. The summed E-state index contributed by atoms with van der Waals surface area (Å²) in [4.78, 5) is 25.8. The van der Waals surface area contributed by atoms with Crippen LogP contribution in [0.3, 0.4) is 0 Å². The molecule has 2 aliphatic heterocycles. The molecule has 6 nitrogen and oxygen atoms in total. The van der Waals surface area contributed by atoms with Crippen LogP contribution in [0.2, 0.25) is 0 Å². The summed E-state index contributed by atoms with van der Waals surface area (Å²) in [5.41, 5.74) is -0.666. The summed E-state index contributed by atoms with van der Waals surface area (Å²) < 4.78 is 17.2. The number of nitrogens with zero attached hydrogens (tertiary/aromatic N) is 1. The largest absolute Gasteiger partial charge is 0.486 e. The second-order valence-electron chi connectivity index (χ2n) is 6.70. The molecule has 1 aromatic rings. The van der Waals surface area contributed by atoms with Crippen LogP contribution >= 0.6 is 0 Å². The Kier molecular flexibility index (Phi) is 4.22. The Hall–Kier alpha value is -2.50. The molecule has 1 amide bonds. The van der Waals surface area contributed by atoms with Crippen molar-refractivity contribution < 1.29 is 23.8 Å². The lowest BCUT2D eigenvalue weighted by atomic mass is 9.98. The van der Waals surface area contributed by atoms with Crippen molar-refractivity contribution in [2.45, 2.75) is 32.0 Å². The summed E-state index contributed by atoms with van der Waals surface area (Å²) in [5, 5.41) is 0. The summed E-state index contributed by atoms with van der Waals surface area (Å²) >= 11 is 0. The molecule has 128 valence electrons. The van der Waals surface area contributed by atoms with E-state index in [0.717, 1.165) is 0 Å². The Labute approximate surface area is 141 Å². The van der Waals surface area contributed by atoms with Gasteiger partial charge in [-0.05, 0) is 26.0 Å². The number of carbonyl (C=O) groups is 2. The number of allylic oxidation sites excluding steroid dienone is 1. The highest BCUT2D eigenvalue weighted by molar-refractivity contribution is 6.01. The van der Waals surface area contributed by atoms with Gasteiger partial charge in [-0.25, -0.2) is 0 Å². The number of para-hydroxylation sites is 2. The summed E-state index contributed by atoms with van der Waals surface area (Å²) in [6.07, 6.45) is 1.27. The molecule has 24 heavy (non-hydrogen) atoms. The maximum atomic E-state index is 12.5. The summed E-state index contributed by atoms with van der Waals surface area (Å²) in [5.74, 6) is 1.01. The molecular formula is C18H21NO5. The van der Waals surface area contributed by atoms with E-state index in [2.05, 4.69) is 0 Å². The van der Waals surface area contributed by atoms with Crippen LogP contribution in [0.1, 0.15) is 20.3 Å². The first-order valence-corrected chi connectivity index (χ1v) is 7.91. The van der Waals surface area contributed by atoms with E-state index in [0.29, 0.717) is 24.7 Å². The Morgan fingerprint density at radius 2 is 2.00 bits per heavy atom. The van der Waals surface area contributed by atoms with Crippen LogP contribution in [0.15, 0.2) is 36.1 Å². The molecule has 0 radical (unpaired) electrons. The van der Waals surface area contributed by atoms with Gasteiger partial charge in [0.05, 0.1) is 6.54 Å². The first-order chi connectivity index (χ1) is 11.3. The average molecular weight is 331 g/mol. The molecule has 0 saturated heterocycles. The number of ketones is 1. The van der Waals surface area contributed by atoms with Crippen molar-refractivity contribution in [3.05, 3.63) is 36.1 Å². The quantitative estimate of drug-likeness (QED) is 0.847. The lowest BCUT2D eigenvalue weighted by Gasteiger charge is -2.33. The third-order valence-corrected chi connectivity index (χ3v) is 3.88. The zero-order valence-corrected chi connectivity index (χ0v) is 14.1. The van der Waals surface area contributed by atoms with Gasteiger partial charge >= 0.3 is 0 Å². The van der Waals surface area contributed by atoms with Crippen LogP contribution in [0, 0.1) is 0 Å². The van der Waals surface area contributed by atoms with Crippen molar-refractivity contribution in [1.29, 1.82) is 0 Å². The van der Waals surface area contributed by atoms with E-state index >= 15 is 0 Å². The number of carbonyl (C=O) groups excluding carboxylic acids is 2.